The number of anilines is 1. The van der Waals surface area contributed by atoms with E-state index < -0.39 is 18.4 Å². The van der Waals surface area contributed by atoms with Gasteiger partial charge >= 0.3 is 5.97 Å². The van der Waals surface area contributed by atoms with E-state index in [1.807, 2.05) is 0 Å². The molecule has 140 valence electrons. The standard InChI is InChI=1S/C18H16N2O5S2/c21-13(22)9-19-12-6-2-1-5-11(12)14(16(19)23)15-17(24)20(18(26)27-15)8-10-4-3-7-25-10/h1-2,5-6,10H,3-4,7-9H2,(H,21,22)/b15-14-/t10-/m1/s1. The monoisotopic (exact) mass is 404 g/mol. The van der Waals surface area contributed by atoms with Gasteiger partial charge in [-0.05, 0) is 18.9 Å². The first-order valence-corrected chi connectivity index (χ1v) is 9.72. The van der Waals surface area contributed by atoms with E-state index in [0.717, 1.165) is 24.6 Å². The van der Waals surface area contributed by atoms with Crippen LogP contribution in [0.1, 0.15) is 18.4 Å². The highest BCUT2D eigenvalue weighted by molar-refractivity contribution is 8.26. The van der Waals surface area contributed by atoms with Crippen LogP contribution in [0.2, 0.25) is 0 Å². The molecule has 0 unspecified atom stereocenters. The number of carboxylic acid groups (broad SMARTS) is 1. The number of aliphatic carboxylic acids is 1. The van der Waals surface area contributed by atoms with Crippen LogP contribution in [-0.2, 0) is 19.1 Å². The van der Waals surface area contributed by atoms with Crippen molar-refractivity contribution >= 4 is 57.3 Å². The first kappa shape index (κ1) is 18.1. The van der Waals surface area contributed by atoms with Gasteiger partial charge in [0.1, 0.15) is 10.9 Å². The van der Waals surface area contributed by atoms with E-state index in [0.29, 0.717) is 28.7 Å². The molecule has 0 aromatic heterocycles. The predicted molar refractivity (Wildman–Crippen MR) is 104 cm³/mol. The molecule has 3 heterocycles. The third-order valence-electron chi connectivity index (χ3n) is 4.70. The summed E-state index contributed by atoms with van der Waals surface area (Å²) in [6, 6.07) is 6.88. The number of para-hydroxylation sites is 1. The Kier molecular flexibility index (Phi) is 4.75. The third-order valence-corrected chi connectivity index (χ3v) is 6.15. The zero-order valence-corrected chi connectivity index (χ0v) is 15.8. The van der Waals surface area contributed by atoms with Crippen LogP contribution in [0.4, 0.5) is 5.69 Å². The van der Waals surface area contributed by atoms with E-state index in [9.17, 15) is 14.4 Å². The summed E-state index contributed by atoms with van der Waals surface area (Å²) >= 11 is 6.45. The number of carbonyl (C=O) groups excluding carboxylic acids is 2. The Labute approximate surface area is 164 Å². The highest BCUT2D eigenvalue weighted by atomic mass is 32.2. The van der Waals surface area contributed by atoms with Crippen LogP contribution < -0.4 is 4.90 Å². The van der Waals surface area contributed by atoms with Crippen molar-refractivity contribution in [3.63, 3.8) is 0 Å². The van der Waals surface area contributed by atoms with Crippen LogP contribution in [0.15, 0.2) is 29.2 Å². The van der Waals surface area contributed by atoms with Gasteiger partial charge < -0.3 is 9.84 Å². The van der Waals surface area contributed by atoms with E-state index in [1.54, 1.807) is 24.3 Å². The lowest BCUT2D eigenvalue weighted by Crippen LogP contribution is -2.36. The number of rotatable bonds is 4. The third kappa shape index (κ3) is 3.15. The second kappa shape index (κ2) is 7.06. The molecule has 0 radical (unpaired) electrons. The summed E-state index contributed by atoms with van der Waals surface area (Å²) in [5, 5.41) is 9.14. The molecule has 1 aromatic carbocycles. The minimum atomic E-state index is -1.12. The zero-order chi connectivity index (χ0) is 19.1. The summed E-state index contributed by atoms with van der Waals surface area (Å²) in [6.07, 6.45) is 1.78. The summed E-state index contributed by atoms with van der Waals surface area (Å²) in [5.41, 5.74) is 1.27. The maximum Gasteiger partial charge on any atom is 0.323 e. The summed E-state index contributed by atoms with van der Waals surface area (Å²) in [7, 11) is 0. The molecule has 0 saturated carbocycles. The number of thiocarbonyl (C=S) groups is 1. The van der Waals surface area contributed by atoms with Gasteiger partial charge in [-0.25, -0.2) is 0 Å². The van der Waals surface area contributed by atoms with Crippen molar-refractivity contribution < 1.29 is 24.2 Å². The fourth-order valence-corrected chi connectivity index (χ4v) is 4.84. The normalized spacial score (nSPS) is 24.9. The van der Waals surface area contributed by atoms with Crippen LogP contribution in [0.3, 0.4) is 0 Å². The Balaban J connectivity index is 1.71. The van der Waals surface area contributed by atoms with E-state index in [4.69, 9.17) is 22.1 Å². The van der Waals surface area contributed by atoms with Gasteiger partial charge in [0.25, 0.3) is 11.8 Å². The van der Waals surface area contributed by atoms with Gasteiger partial charge in [0.15, 0.2) is 0 Å². The molecule has 7 nitrogen and oxygen atoms in total. The number of carbonyl (C=O) groups is 3. The quantitative estimate of drug-likeness (QED) is 0.605. The Bertz CT molecular complexity index is 891. The van der Waals surface area contributed by atoms with Crippen molar-refractivity contribution in [3.8, 4) is 0 Å². The molecule has 2 fully saturated rings. The van der Waals surface area contributed by atoms with Gasteiger partial charge in [0.05, 0.1) is 28.8 Å². The van der Waals surface area contributed by atoms with E-state index >= 15 is 0 Å². The lowest BCUT2D eigenvalue weighted by atomic mass is 10.1. The molecule has 4 rings (SSSR count). The molecular formula is C18H16N2O5S2. The highest BCUT2D eigenvalue weighted by Crippen LogP contribution is 2.44. The lowest BCUT2D eigenvalue weighted by Gasteiger charge is -2.18. The lowest BCUT2D eigenvalue weighted by molar-refractivity contribution is -0.136. The van der Waals surface area contributed by atoms with Crippen molar-refractivity contribution in [3.05, 3.63) is 34.7 Å². The molecule has 1 atom stereocenters. The van der Waals surface area contributed by atoms with Crippen molar-refractivity contribution in [2.75, 3.05) is 24.6 Å². The number of ether oxygens (including phenoxy) is 1. The number of hydrogen-bond donors (Lipinski definition) is 1. The summed E-state index contributed by atoms with van der Waals surface area (Å²) in [6.45, 7) is 0.586. The van der Waals surface area contributed by atoms with Crippen molar-refractivity contribution in [1.29, 1.82) is 0 Å². The van der Waals surface area contributed by atoms with Gasteiger partial charge in [-0.3, -0.25) is 24.2 Å². The number of hydrogen-bond acceptors (Lipinski definition) is 6. The molecule has 1 N–H and O–H groups in total. The number of nitrogens with zero attached hydrogens (tertiary/aromatic N) is 2. The maximum atomic E-state index is 13.0. The largest absolute Gasteiger partial charge is 0.480 e. The van der Waals surface area contributed by atoms with E-state index in [2.05, 4.69) is 0 Å². The molecule has 0 spiro atoms. The van der Waals surface area contributed by atoms with Crippen molar-refractivity contribution in [2.24, 2.45) is 0 Å². The summed E-state index contributed by atoms with van der Waals surface area (Å²) < 4.78 is 5.98. The molecule has 2 saturated heterocycles. The number of benzene rings is 1. The molecule has 1 aromatic rings. The SMILES string of the molecule is O=C(O)CN1C(=O)/C(=C2\SC(=S)N(C[C@H]3CCCO3)C2=O)c2ccccc21. The fourth-order valence-electron chi connectivity index (χ4n) is 3.49. The van der Waals surface area contributed by atoms with Crippen molar-refractivity contribution in [2.45, 2.75) is 18.9 Å². The maximum absolute atomic E-state index is 13.0. The second-order valence-corrected chi connectivity index (χ2v) is 8.07. The molecule has 9 heteroatoms. The number of amides is 2. The van der Waals surface area contributed by atoms with Crippen LogP contribution in [0.25, 0.3) is 5.57 Å². The van der Waals surface area contributed by atoms with Crippen LogP contribution in [0.5, 0.6) is 0 Å². The first-order valence-electron chi connectivity index (χ1n) is 8.50. The van der Waals surface area contributed by atoms with E-state index in [1.165, 1.54) is 9.80 Å². The molecular weight excluding hydrogens is 388 g/mol. The fraction of sp³-hybridized carbons (Fsp3) is 0.333. The molecule has 0 aliphatic carbocycles. The average molecular weight is 404 g/mol. The Morgan fingerprint density at radius 2 is 2.04 bits per heavy atom. The average Bonchev–Trinajstić information content (AvgIpc) is 3.31. The highest BCUT2D eigenvalue weighted by Gasteiger charge is 2.43. The predicted octanol–water partition coefficient (Wildman–Crippen LogP) is 1.87. The minimum Gasteiger partial charge on any atom is -0.480 e. The number of fused-ring (bicyclic) bond motifs is 1. The summed E-state index contributed by atoms with van der Waals surface area (Å²) in [4.78, 5) is 40.0. The van der Waals surface area contributed by atoms with Crippen LogP contribution in [0, 0.1) is 0 Å². The molecule has 3 aliphatic rings. The smallest absolute Gasteiger partial charge is 0.323 e. The minimum absolute atomic E-state index is 0.0491. The van der Waals surface area contributed by atoms with Crippen LogP contribution >= 0.6 is 24.0 Å². The molecule has 3 aliphatic heterocycles. The topological polar surface area (TPSA) is 87.2 Å². The van der Waals surface area contributed by atoms with Crippen molar-refractivity contribution in [1.82, 2.24) is 4.90 Å². The number of thioether (sulfide) groups is 1. The van der Waals surface area contributed by atoms with Crippen LogP contribution in [-0.4, -0.2) is 57.9 Å². The molecule has 0 bridgehead atoms. The summed E-state index contributed by atoms with van der Waals surface area (Å²) in [5.74, 6) is -1.93. The van der Waals surface area contributed by atoms with Gasteiger partial charge in [-0.1, -0.05) is 42.2 Å². The molecule has 2 amide bonds. The van der Waals surface area contributed by atoms with Gasteiger partial charge in [-0.15, -0.1) is 0 Å². The first-order chi connectivity index (χ1) is 13.0. The molecule has 27 heavy (non-hydrogen) atoms. The Morgan fingerprint density at radius 1 is 1.26 bits per heavy atom. The van der Waals surface area contributed by atoms with Gasteiger partial charge in [-0.2, -0.15) is 0 Å². The Morgan fingerprint density at radius 3 is 2.74 bits per heavy atom. The zero-order valence-electron chi connectivity index (χ0n) is 14.2. The second-order valence-electron chi connectivity index (χ2n) is 6.43. The number of carboxylic acids is 1. The van der Waals surface area contributed by atoms with Gasteiger partial charge in [0, 0.05) is 12.2 Å². The Hall–Kier alpha value is -2.23. The van der Waals surface area contributed by atoms with Gasteiger partial charge in [0.2, 0.25) is 0 Å². The van der Waals surface area contributed by atoms with E-state index in [-0.39, 0.29) is 22.5 Å².